The maximum absolute atomic E-state index is 12.5. The summed E-state index contributed by atoms with van der Waals surface area (Å²) in [5, 5.41) is 14.2. The number of carbonyl (C=O) groups excluding carboxylic acids is 1. The van der Waals surface area contributed by atoms with E-state index in [1.54, 1.807) is 49.7 Å². The Bertz CT molecular complexity index is 1150. The number of nitro groups is 1. The lowest BCUT2D eigenvalue weighted by molar-refractivity contribution is -0.385. The number of hydrogen-bond acceptors (Lipinski definition) is 7. The van der Waals surface area contributed by atoms with Gasteiger partial charge in [0, 0.05) is 49.9 Å². The minimum atomic E-state index is -0.321. The van der Waals surface area contributed by atoms with Crippen molar-refractivity contribution in [3.8, 4) is 5.75 Å². The molecule has 0 saturated carbocycles. The summed E-state index contributed by atoms with van der Waals surface area (Å²) in [5.41, 5.74) is 2.02. The van der Waals surface area contributed by atoms with E-state index in [2.05, 4.69) is 20.1 Å². The van der Waals surface area contributed by atoms with Gasteiger partial charge in [0.25, 0.3) is 11.6 Å². The lowest BCUT2D eigenvalue weighted by atomic mass is 10.1. The Balaban J connectivity index is 1.35. The zero-order valence-electron chi connectivity index (χ0n) is 19.0. The minimum Gasteiger partial charge on any atom is -0.497 e. The highest BCUT2D eigenvalue weighted by atomic mass is 16.6. The molecule has 34 heavy (non-hydrogen) atoms. The van der Waals surface area contributed by atoms with E-state index < -0.39 is 0 Å². The van der Waals surface area contributed by atoms with Gasteiger partial charge in [-0.05, 0) is 36.8 Å². The van der Waals surface area contributed by atoms with Gasteiger partial charge >= 0.3 is 0 Å². The molecule has 1 amide bonds. The maximum atomic E-state index is 12.5. The van der Waals surface area contributed by atoms with Crippen molar-refractivity contribution in [1.82, 2.24) is 9.88 Å². The van der Waals surface area contributed by atoms with Crippen LogP contribution in [0, 0.1) is 10.1 Å². The van der Waals surface area contributed by atoms with Crippen molar-refractivity contribution in [2.24, 2.45) is 0 Å². The number of para-hydroxylation sites is 1. The maximum Gasteiger partial charge on any atom is 0.273 e. The normalized spacial score (nSPS) is 14.3. The highest BCUT2D eigenvalue weighted by Gasteiger charge is 2.20. The van der Waals surface area contributed by atoms with E-state index in [4.69, 9.17) is 4.74 Å². The Kier molecular flexibility index (Phi) is 7.34. The first-order valence-electron chi connectivity index (χ1n) is 11.1. The number of aromatic nitrogens is 1. The number of pyridine rings is 1. The fourth-order valence-electron chi connectivity index (χ4n) is 4.04. The monoisotopic (exact) mass is 461 g/mol. The van der Waals surface area contributed by atoms with Gasteiger partial charge in [0.2, 0.25) is 0 Å². The van der Waals surface area contributed by atoms with E-state index in [1.807, 2.05) is 24.3 Å². The first-order chi connectivity index (χ1) is 16.5. The van der Waals surface area contributed by atoms with E-state index in [1.165, 1.54) is 0 Å². The molecule has 1 aliphatic rings. The van der Waals surface area contributed by atoms with E-state index in [0.29, 0.717) is 23.5 Å². The van der Waals surface area contributed by atoms with E-state index in [0.717, 1.165) is 44.0 Å². The van der Waals surface area contributed by atoms with Crippen molar-refractivity contribution in [1.29, 1.82) is 0 Å². The summed E-state index contributed by atoms with van der Waals surface area (Å²) in [6, 6.07) is 17.6. The van der Waals surface area contributed by atoms with Crippen LogP contribution in [0.1, 0.15) is 22.3 Å². The molecule has 1 aromatic heterocycles. The van der Waals surface area contributed by atoms with Gasteiger partial charge in [0.15, 0.2) is 0 Å². The van der Waals surface area contributed by atoms with Crippen LogP contribution in [0.15, 0.2) is 66.9 Å². The van der Waals surface area contributed by atoms with Crippen LogP contribution >= 0.6 is 0 Å². The third kappa shape index (κ3) is 5.68. The molecule has 4 rings (SSSR count). The SMILES string of the molecule is COc1cccc(C(=O)Nc2ccc(N3CCCN(Cc4ccccc4[N+](=O)[O-])CC3)nc2)c1. The summed E-state index contributed by atoms with van der Waals surface area (Å²) in [6.07, 6.45) is 2.58. The summed E-state index contributed by atoms with van der Waals surface area (Å²) >= 11 is 0. The van der Waals surface area contributed by atoms with Gasteiger partial charge in [-0.3, -0.25) is 19.8 Å². The van der Waals surface area contributed by atoms with Crippen LogP contribution in [0.2, 0.25) is 0 Å². The summed E-state index contributed by atoms with van der Waals surface area (Å²) in [4.78, 5) is 32.5. The Labute approximate surface area is 198 Å². The predicted octanol–water partition coefficient (Wildman–Crippen LogP) is 3.96. The minimum absolute atomic E-state index is 0.164. The highest BCUT2D eigenvalue weighted by molar-refractivity contribution is 6.04. The smallest absolute Gasteiger partial charge is 0.273 e. The number of rotatable bonds is 7. The highest BCUT2D eigenvalue weighted by Crippen LogP contribution is 2.22. The Morgan fingerprint density at radius 2 is 1.94 bits per heavy atom. The molecule has 9 heteroatoms. The first-order valence-corrected chi connectivity index (χ1v) is 11.1. The number of benzene rings is 2. The number of carbonyl (C=O) groups is 1. The zero-order chi connectivity index (χ0) is 23.9. The summed E-state index contributed by atoms with van der Waals surface area (Å²) in [6.45, 7) is 3.80. The molecular formula is C25H27N5O4. The van der Waals surface area contributed by atoms with Crippen LogP contribution in [-0.2, 0) is 6.54 Å². The number of nitrogens with zero attached hydrogens (tertiary/aromatic N) is 4. The second-order valence-corrected chi connectivity index (χ2v) is 8.09. The molecule has 0 radical (unpaired) electrons. The molecule has 176 valence electrons. The van der Waals surface area contributed by atoms with E-state index >= 15 is 0 Å². The molecular weight excluding hydrogens is 434 g/mol. The van der Waals surface area contributed by atoms with Crippen LogP contribution in [0.3, 0.4) is 0 Å². The molecule has 0 spiro atoms. The number of amides is 1. The molecule has 2 heterocycles. The Morgan fingerprint density at radius 3 is 2.71 bits per heavy atom. The largest absolute Gasteiger partial charge is 0.497 e. The molecule has 1 N–H and O–H groups in total. The van der Waals surface area contributed by atoms with Crippen molar-refractivity contribution >= 4 is 23.1 Å². The van der Waals surface area contributed by atoms with Crippen molar-refractivity contribution in [3.63, 3.8) is 0 Å². The van der Waals surface area contributed by atoms with Gasteiger partial charge in [0.1, 0.15) is 11.6 Å². The fourth-order valence-corrected chi connectivity index (χ4v) is 4.04. The molecule has 0 unspecified atom stereocenters. The number of hydrogen-bond donors (Lipinski definition) is 1. The second kappa shape index (κ2) is 10.8. The van der Waals surface area contributed by atoms with Crippen LogP contribution in [0.5, 0.6) is 5.75 Å². The quantitative estimate of drug-likeness (QED) is 0.420. The van der Waals surface area contributed by atoms with Gasteiger partial charge in [-0.15, -0.1) is 0 Å². The average molecular weight is 462 g/mol. The summed E-state index contributed by atoms with van der Waals surface area (Å²) in [5.74, 6) is 1.24. The van der Waals surface area contributed by atoms with Gasteiger partial charge in [-0.25, -0.2) is 4.98 Å². The standard InChI is InChI=1S/C25H27N5O4/c1-34-22-8-4-7-19(16-22)25(31)27-21-10-11-24(26-17-21)29-13-5-12-28(14-15-29)18-20-6-2-3-9-23(20)30(32)33/h2-4,6-11,16-17H,5,12-15,18H2,1H3,(H,27,31). The third-order valence-electron chi connectivity index (χ3n) is 5.83. The lowest BCUT2D eigenvalue weighted by Crippen LogP contribution is -2.31. The molecule has 1 fully saturated rings. The first kappa shape index (κ1) is 23.2. The number of ether oxygens (including phenoxy) is 1. The average Bonchev–Trinajstić information content (AvgIpc) is 3.10. The number of methoxy groups -OCH3 is 1. The van der Waals surface area contributed by atoms with Crippen LogP contribution in [0.25, 0.3) is 0 Å². The molecule has 2 aromatic carbocycles. The molecule has 9 nitrogen and oxygen atoms in total. The Hall–Kier alpha value is -3.98. The number of anilines is 2. The Morgan fingerprint density at radius 1 is 1.09 bits per heavy atom. The van der Waals surface area contributed by atoms with Crippen molar-refractivity contribution in [2.45, 2.75) is 13.0 Å². The zero-order valence-corrected chi connectivity index (χ0v) is 19.0. The molecule has 0 aliphatic carbocycles. The van der Waals surface area contributed by atoms with Crippen molar-refractivity contribution in [3.05, 3.63) is 88.1 Å². The number of nitrogens with one attached hydrogen (secondary N) is 1. The van der Waals surface area contributed by atoms with E-state index in [9.17, 15) is 14.9 Å². The number of nitro benzene ring substituents is 1. The molecule has 1 saturated heterocycles. The van der Waals surface area contributed by atoms with Gasteiger partial charge in [-0.2, -0.15) is 0 Å². The van der Waals surface area contributed by atoms with Gasteiger partial charge in [0.05, 0.1) is 23.9 Å². The van der Waals surface area contributed by atoms with Crippen LogP contribution < -0.4 is 15.0 Å². The third-order valence-corrected chi connectivity index (χ3v) is 5.83. The summed E-state index contributed by atoms with van der Waals surface area (Å²) < 4.78 is 5.17. The molecule has 0 bridgehead atoms. The van der Waals surface area contributed by atoms with Crippen molar-refractivity contribution < 1.29 is 14.5 Å². The van der Waals surface area contributed by atoms with Crippen LogP contribution in [0.4, 0.5) is 17.2 Å². The molecule has 1 aliphatic heterocycles. The predicted molar refractivity (Wildman–Crippen MR) is 130 cm³/mol. The fraction of sp³-hybridized carbons (Fsp3) is 0.280. The lowest BCUT2D eigenvalue weighted by Gasteiger charge is -2.23. The molecule has 3 aromatic rings. The van der Waals surface area contributed by atoms with E-state index in [-0.39, 0.29) is 16.5 Å². The van der Waals surface area contributed by atoms with Gasteiger partial charge < -0.3 is 15.0 Å². The van der Waals surface area contributed by atoms with Crippen LogP contribution in [-0.4, -0.2) is 54.0 Å². The summed E-state index contributed by atoms with van der Waals surface area (Å²) in [7, 11) is 1.56. The molecule has 0 atom stereocenters. The topological polar surface area (TPSA) is 101 Å². The second-order valence-electron chi connectivity index (χ2n) is 8.09. The van der Waals surface area contributed by atoms with Gasteiger partial charge in [-0.1, -0.05) is 24.3 Å². The van der Waals surface area contributed by atoms with Crippen molar-refractivity contribution in [2.75, 3.05) is 43.5 Å².